The number of nitrogens with one attached hydrogen (secondary N) is 1. The van der Waals surface area contributed by atoms with Gasteiger partial charge < -0.3 is 40.6 Å². The highest BCUT2D eigenvalue weighted by molar-refractivity contribution is 5.73. The summed E-state index contributed by atoms with van der Waals surface area (Å²) in [5.41, 5.74) is 3.70. The number of carbonyl (C=O) groups is 1. The van der Waals surface area contributed by atoms with Crippen molar-refractivity contribution in [1.29, 1.82) is 0 Å². The van der Waals surface area contributed by atoms with Crippen LogP contribution in [0.15, 0.2) is 0 Å². The summed E-state index contributed by atoms with van der Waals surface area (Å²) in [5.74, 6) is -0.449. The highest BCUT2D eigenvalue weighted by Crippen LogP contribution is 2.25. The third-order valence-corrected chi connectivity index (χ3v) is 3.11. The second-order valence-corrected chi connectivity index (χ2v) is 4.79. The molecule has 0 bridgehead atoms. The van der Waals surface area contributed by atoms with Crippen molar-refractivity contribution in [3.63, 3.8) is 0 Å². The van der Waals surface area contributed by atoms with Crippen molar-refractivity contribution in [2.24, 2.45) is 5.73 Å². The molecule has 0 saturated carbocycles. The predicted molar refractivity (Wildman–Crippen MR) is 71.2 cm³/mol. The molecule has 6 N–H and O–H groups in total. The highest BCUT2D eigenvalue weighted by atomic mass is 16.6. The Kier molecular flexibility index (Phi) is 7.46. The second kappa shape index (κ2) is 8.59. The number of ether oxygens (including phenoxy) is 3. The van der Waals surface area contributed by atoms with Crippen molar-refractivity contribution in [2.45, 2.75) is 31.0 Å². The van der Waals surface area contributed by atoms with E-state index in [1.807, 2.05) is 0 Å². The van der Waals surface area contributed by atoms with E-state index >= 15 is 0 Å². The number of aliphatic hydroxyl groups excluding tert-OH is 3. The molecule has 0 spiro atoms. The van der Waals surface area contributed by atoms with E-state index in [4.69, 9.17) is 25.1 Å². The van der Waals surface area contributed by atoms with Crippen molar-refractivity contribution >= 4 is 5.91 Å². The number of aliphatic hydroxyl groups is 3. The minimum atomic E-state index is -1.58. The standard InChI is InChI=1S/C12H24N2O7/c1-8(16)14-12(21-5-4-19-3-2-13)7-20-9(6-15)10(17)11(12)18/h9-11,15,17-18H,2-7,13H2,1H3,(H,14,16). The van der Waals surface area contributed by atoms with Gasteiger partial charge in [0, 0.05) is 13.5 Å². The zero-order valence-corrected chi connectivity index (χ0v) is 12.0. The number of amides is 1. The number of rotatable bonds is 8. The van der Waals surface area contributed by atoms with Crippen LogP contribution in [0, 0.1) is 0 Å². The van der Waals surface area contributed by atoms with Crippen molar-refractivity contribution < 1.29 is 34.3 Å². The van der Waals surface area contributed by atoms with E-state index in [2.05, 4.69) is 5.32 Å². The average Bonchev–Trinajstić information content (AvgIpc) is 2.44. The molecule has 0 aromatic rings. The first-order valence-electron chi connectivity index (χ1n) is 6.76. The summed E-state index contributed by atoms with van der Waals surface area (Å²) in [7, 11) is 0. The summed E-state index contributed by atoms with van der Waals surface area (Å²) in [6.45, 7) is 1.63. The van der Waals surface area contributed by atoms with Gasteiger partial charge in [-0.25, -0.2) is 0 Å². The van der Waals surface area contributed by atoms with Gasteiger partial charge in [-0.15, -0.1) is 0 Å². The summed E-state index contributed by atoms with van der Waals surface area (Å²) in [5, 5.41) is 31.6. The zero-order chi connectivity index (χ0) is 15.9. The first-order chi connectivity index (χ1) is 9.96. The molecule has 21 heavy (non-hydrogen) atoms. The Balaban J connectivity index is 2.67. The molecule has 1 amide bonds. The predicted octanol–water partition coefficient (Wildman–Crippen LogP) is -3.08. The lowest BCUT2D eigenvalue weighted by molar-refractivity contribution is -0.267. The van der Waals surface area contributed by atoms with Crippen LogP contribution in [-0.4, -0.2) is 84.8 Å². The summed E-state index contributed by atoms with van der Waals surface area (Å²) >= 11 is 0. The molecular formula is C12H24N2O7. The molecule has 4 atom stereocenters. The van der Waals surface area contributed by atoms with Gasteiger partial charge in [0.1, 0.15) is 18.3 Å². The van der Waals surface area contributed by atoms with Crippen LogP contribution in [0.5, 0.6) is 0 Å². The number of carbonyl (C=O) groups excluding carboxylic acids is 1. The molecular weight excluding hydrogens is 284 g/mol. The molecule has 0 aliphatic carbocycles. The van der Waals surface area contributed by atoms with Gasteiger partial charge in [0.25, 0.3) is 0 Å². The van der Waals surface area contributed by atoms with Crippen LogP contribution in [0.3, 0.4) is 0 Å². The first kappa shape index (κ1) is 18.2. The Labute approximate surface area is 123 Å². The first-order valence-corrected chi connectivity index (χ1v) is 6.76. The van der Waals surface area contributed by atoms with Gasteiger partial charge in [-0.3, -0.25) is 4.79 Å². The lowest BCUT2D eigenvalue weighted by Crippen LogP contribution is -2.70. The zero-order valence-electron chi connectivity index (χ0n) is 12.0. The molecule has 1 heterocycles. The molecule has 0 radical (unpaired) electrons. The van der Waals surface area contributed by atoms with Crippen molar-refractivity contribution in [3.8, 4) is 0 Å². The summed E-state index contributed by atoms with van der Waals surface area (Å²) in [6.07, 6.45) is -3.76. The fourth-order valence-electron chi connectivity index (χ4n) is 2.09. The van der Waals surface area contributed by atoms with Crippen molar-refractivity contribution in [3.05, 3.63) is 0 Å². The monoisotopic (exact) mass is 308 g/mol. The smallest absolute Gasteiger partial charge is 0.219 e. The lowest BCUT2D eigenvalue weighted by atomic mass is 9.94. The molecule has 1 aliphatic heterocycles. The minimum Gasteiger partial charge on any atom is -0.394 e. The molecule has 1 rings (SSSR count). The summed E-state index contributed by atoms with van der Waals surface area (Å²) < 4.78 is 15.9. The summed E-state index contributed by atoms with van der Waals surface area (Å²) in [4.78, 5) is 11.3. The SMILES string of the molecule is CC(=O)NC1(OCCOCCN)COC(CO)C(O)C1O. The summed E-state index contributed by atoms with van der Waals surface area (Å²) in [6, 6.07) is 0. The normalized spacial score (nSPS) is 32.9. The Morgan fingerprint density at radius 2 is 2.14 bits per heavy atom. The average molecular weight is 308 g/mol. The largest absolute Gasteiger partial charge is 0.394 e. The Morgan fingerprint density at radius 1 is 1.43 bits per heavy atom. The van der Waals surface area contributed by atoms with Crippen LogP contribution in [0.1, 0.15) is 6.92 Å². The molecule has 1 saturated heterocycles. The molecule has 124 valence electrons. The van der Waals surface area contributed by atoms with E-state index in [0.717, 1.165) is 0 Å². The van der Waals surface area contributed by atoms with Gasteiger partial charge in [-0.05, 0) is 0 Å². The van der Waals surface area contributed by atoms with E-state index < -0.39 is 36.6 Å². The van der Waals surface area contributed by atoms with Crippen LogP contribution < -0.4 is 11.1 Å². The molecule has 0 aromatic heterocycles. The van der Waals surface area contributed by atoms with E-state index in [0.29, 0.717) is 13.2 Å². The quantitative estimate of drug-likeness (QED) is 0.235. The van der Waals surface area contributed by atoms with Crippen LogP contribution >= 0.6 is 0 Å². The van der Waals surface area contributed by atoms with Crippen molar-refractivity contribution in [1.82, 2.24) is 5.32 Å². The number of hydrogen-bond acceptors (Lipinski definition) is 8. The maximum absolute atomic E-state index is 11.3. The Morgan fingerprint density at radius 3 is 2.71 bits per heavy atom. The third-order valence-electron chi connectivity index (χ3n) is 3.11. The Hall–Kier alpha value is -0.810. The number of hydrogen-bond donors (Lipinski definition) is 5. The van der Waals surface area contributed by atoms with E-state index in [1.54, 1.807) is 0 Å². The highest BCUT2D eigenvalue weighted by Gasteiger charge is 2.51. The molecule has 4 unspecified atom stereocenters. The van der Waals surface area contributed by atoms with E-state index in [-0.39, 0.29) is 19.8 Å². The van der Waals surface area contributed by atoms with Crippen LogP contribution in [0.4, 0.5) is 0 Å². The Bertz CT molecular complexity index is 331. The molecule has 1 fully saturated rings. The van der Waals surface area contributed by atoms with Crippen LogP contribution in [0.2, 0.25) is 0 Å². The fourth-order valence-corrected chi connectivity index (χ4v) is 2.09. The maximum Gasteiger partial charge on any atom is 0.219 e. The van der Waals surface area contributed by atoms with Gasteiger partial charge in [-0.1, -0.05) is 0 Å². The van der Waals surface area contributed by atoms with Crippen LogP contribution in [0.25, 0.3) is 0 Å². The van der Waals surface area contributed by atoms with Gasteiger partial charge in [-0.2, -0.15) is 0 Å². The maximum atomic E-state index is 11.3. The van der Waals surface area contributed by atoms with Gasteiger partial charge in [0.2, 0.25) is 5.91 Å². The van der Waals surface area contributed by atoms with E-state index in [1.165, 1.54) is 6.92 Å². The topological polar surface area (TPSA) is 144 Å². The van der Waals surface area contributed by atoms with Crippen LogP contribution in [-0.2, 0) is 19.0 Å². The van der Waals surface area contributed by atoms with Gasteiger partial charge in [0.05, 0.1) is 33.0 Å². The fraction of sp³-hybridized carbons (Fsp3) is 0.917. The minimum absolute atomic E-state index is 0.0667. The van der Waals surface area contributed by atoms with Crippen molar-refractivity contribution in [2.75, 3.05) is 39.6 Å². The van der Waals surface area contributed by atoms with Gasteiger partial charge in [0.15, 0.2) is 5.72 Å². The van der Waals surface area contributed by atoms with Gasteiger partial charge >= 0.3 is 0 Å². The molecule has 9 heteroatoms. The lowest BCUT2D eigenvalue weighted by Gasteiger charge is -2.45. The third kappa shape index (κ3) is 4.85. The molecule has 0 aromatic carbocycles. The second-order valence-electron chi connectivity index (χ2n) is 4.79. The molecule has 1 aliphatic rings. The molecule has 9 nitrogen and oxygen atoms in total. The number of nitrogens with two attached hydrogens (primary N) is 1. The van der Waals surface area contributed by atoms with E-state index in [9.17, 15) is 15.0 Å².